The number of carbonyl (C=O) groups excluding carboxylic acids is 3. The number of nitrogens with one attached hydrogen (secondary N) is 3. The third kappa shape index (κ3) is 25.5. The molecule has 33 nitrogen and oxygen atoms in total. The number of nitrogen functional groups attached to an aromatic ring is 1. The van der Waals surface area contributed by atoms with Crippen LogP contribution in [0.25, 0.3) is 67.6 Å². The lowest BCUT2D eigenvalue weighted by Crippen LogP contribution is -2.36. The average Bonchev–Trinajstić information content (AvgIpc) is 1.60. The summed E-state index contributed by atoms with van der Waals surface area (Å²) in [4.78, 5) is 93.3. The van der Waals surface area contributed by atoms with E-state index < -0.39 is 70.6 Å². The van der Waals surface area contributed by atoms with Gasteiger partial charge in [0.15, 0.2) is 22.6 Å². The minimum atomic E-state index is -4.58. The number of benzene rings is 4. The van der Waals surface area contributed by atoms with Crippen LogP contribution in [0.15, 0.2) is 196 Å². The quantitative estimate of drug-likeness (QED) is 0.0349. The minimum Gasteiger partial charge on any atom is -0.478 e. The maximum Gasteiger partial charge on any atom is 0.416 e. The summed E-state index contributed by atoms with van der Waals surface area (Å²) < 4.78 is 188. The molecule has 4 aromatic carbocycles. The second-order valence-corrected chi connectivity index (χ2v) is 36.3. The van der Waals surface area contributed by atoms with E-state index >= 15 is 0 Å². The van der Waals surface area contributed by atoms with Crippen LogP contribution in [-0.2, 0) is 66.1 Å². The normalized spacial score (nSPS) is 14.1. The average molecular weight is 2270 g/mol. The van der Waals surface area contributed by atoms with Gasteiger partial charge in [-0.2, -0.15) is 73.1 Å². The number of fused-ring (bicyclic) bond motifs is 4. The fraction of sp³-hybridized carbons (Fsp3) is 0.294. The number of hydrogen-bond acceptors (Lipinski definition) is 25. The smallest absolute Gasteiger partial charge is 0.416 e. The van der Waals surface area contributed by atoms with Crippen molar-refractivity contribution in [1.82, 2.24) is 78.3 Å². The standard InChI is InChI=1S/C27H27F3N6O2.2C25H22BrF3N6O2.C16H18N6O.C9H6BrF3O2/c1-3-4-18-5-6-19(13-22(18)27(28,29)30)26(37)33-20-14-21(17(2)32-16-20)23-15-24(35-9-11-38-12-10-35)25-31-7-8-36(25)34-23;2*1-15-19(21-12-22(34-6-8-37-9-7-34)23-30-4-5-35(23)33-21)11-18(14-31-15)32-24(36)16-2-3-17(13-26)20(10-16)25(27,28)29;1-11-13(8-12(17)10-19-11)14-9-15(21-4-6-23-7-5-21)16-18-2-3-22(16)20-14;10-4-6-2-1-5(8(14)15)3-7(6)9(11,12)13/h5-8,13-16H,3-4,9-12H2,1-2H3,(H,33,37);2*2-5,10-12,14H,6-9,13H2,1H3,(H,32,36);2-3,8-10H,4-7,17H2,1H3;1-3H,4H2,(H,14,15). The number of pyridine rings is 4. The molecule has 0 bridgehead atoms. The first-order valence-electron chi connectivity index (χ1n) is 46.8. The van der Waals surface area contributed by atoms with E-state index in [1.165, 1.54) is 55.0 Å². The number of carbonyl (C=O) groups is 4. The van der Waals surface area contributed by atoms with Gasteiger partial charge in [0, 0.05) is 180 Å². The van der Waals surface area contributed by atoms with Gasteiger partial charge in [-0.3, -0.25) is 34.3 Å². The van der Waals surface area contributed by atoms with Crippen LogP contribution in [0.1, 0.15) is 122 Å². The van der Waals surface area contributed by atoms with Gasteiger partial charge in [0.2, 0.25) is 0 Å². The monoisotopic (exact) mass is 2260 g/mol. The van der Waals surface area contributed by atoms with Crippen molar-refractivity contribution in [1.29, 1.82) is 0 Å². The maximum atomic E-state index is 13.6. The summed E-state index contributed by atoms with van der Waals surface area (Å²) in [6, 6.07) is 28.6. The molecular formula is C102H95Br3F12N24O9. The summed E-state index contributed by atoms with van der Waals surface area (Å²) in [5, 5.41) is 35.4. The highest BCUT2D eigenvalue weighted by atomic mass is 79.9. The number of nitrogens with zero attached hydrogens (tertiary/aromatic N) is 20. The van der Waals surface area contributed by atoms with Crippen LogP contribution < -0.4 is 41.3 Å². The molecule has 4 aliphatic rings. The Bertz CT molecular complexity index is 7410. The number of morpholine rings is 4. The van der Waals surface area contributed by atoms with Crippen LogP contribution in [-0.4, -0.2) is 212 Å². The van der Waals surface area contributed by atoms with Gasteiger partial charge in [0.05, 0.1) is 174 Å². The summed E-state index contributed by atoms with van der Waals surface area (Å²) in [6.45, 7) is 20.4. The van der Waals surface area contributed by atoms with Crippen molar-refractivity contribution in [3.8, 4) is 45.0 Å². The Hall–Kier alpha value is -14.7. The van der Waals surface area contributed by atoms with Gasteiger partial charge in [-0.15, -0.1) is 0 Å². The number of hydrogen-bond donors (Lipinski definition) is 5. The summed E-state index contributed by atoms with van der Waals surface area (Å²) in [5.74, 6) is -3.37. The first-order chi connectivity index (χ1) is 71.8. The molecule has 48 heteroatoms. The van der Waals surface area contributed by atoms with E-state index in [9.17, 15) is 71.9 Å². The van der Waals surface area contributed by atoms with Crippen molar-refractivity contribution in [2.45, 2.75) is 88.2 Å². The molecule has 20 rings (SSSR count). The molecule has 0 saturated carbocycles. The molecular weight excluding hydrogens is 2170 g/mol. The molecule has 3 amide bonds. The van der Waals surface area contributed by atoms with Crippen molar-refractivity contribution >= 4 is 140 Å². The Morgan fingerprint density at radius 3 is 0.853 bits per heavy atom. The van der Waals surface area contributed by atoms with E-state index in [0.29, 0.717) is 163 Å². The molecule has 0 spiro atoms. The van der Waals surface area contributed by atoms with Crippen molar-refractivity contribution in [3.05, 3.63) is 285 Å². The van der Waals surface area contributed by atoms with Crippen LogP contribution in [0, 0.1) is 27.7 Å². The Kier molecular flexibility index (Phi) is 33.8. The summed E-state index contributed by atoms with van der Waals surface area (Å²) in [5.41, 5.74) is 19.2. The number of aromatic carboxylic acids is 1. The molecule has 4 saturated heterocycles. The number of aromatic nitrogens is 16. The number of nitrogens with two attached hydrogens (primary N) is 1. The predicted octanol–water partition coefficient (Wildman–Crippen LogP) is 20.2. The zero-order chi connectivity index (χ0) is 107. The predicted molar refractivity (Wildman–Crippen MR) is 549 cm³/mol. The Balaban J connectivity index is 0.000000137. The number of anilines is 8. The summed E-state index contributed by atoms with van der Waals surface area (Å²) in [6.07, 6.45) is 2.61. The van der Waals surface area contributed by atoms with Gasteiger partial charge < -0.3 is 65.3 Å². The molecule has 150 heavy (non-hydrogen) atoms. The molecule has 4 fully saturated rings. The second kappa shape index (κ2) is 47.0. The number of alkyl halides is 15. The number of rotatable bonds is 20. The van der Waals surface area contributed by atoms with Crippen molar-refractivity contribution in [2.75, 3.05) is 146 Å². The molecule has 0 aliphatic carbocycles. The van der Waals surface area contributed by atoms with Gasteiger partial charge in [-0.05, 0) is 153 Å². The lowest BCUT2D eigenvalue weighted by Gasteiger charge is -2.29. The van der Waals surface area contributed by atoms with E-state index in [1.807, 2.05) is 69.6 Å². The molecule has 12 aromatic heterocycles. The van der Waals surface area contributed by atoms with Gasteiger partial charge in [-0.25, -0.2) is 42.8 Å². The van der Waals surface area contributed by atoms with Crippen LogP contribution in [0.3, 0.4) is 0 Å². The third-order valence-electron chi connectivity index (χ3n) is 24.7. The van der Waals surface area contributed by atoms with E-state index in [-0.39, 0.29) is 66.9 Å². The Labute approximate surface area is 873 Å². The first-order valence-corrected chi connectivity index (χ1v) is 50.2. The molecule has 0 radical (unpaired) electrons. The second-order valence-electron chi connectivity index (χ2n) is 34.6. The highest BCUT2D eigenvalue weighted by molar-refractivity contribution is 9.09. The van der Waals surface area contributed by atoms with Crippen LogP contribution in [0.2, 0.25) is 0 Å². The topological polar surface area (TPSA) is 373 Å². The van der Waals surface area contributed by atoms with Gasteiger partial charge in [0.25, 0.3) is 17.7 Å². The van der Waals surface area contributed by atoms with Gasteiger partial charge in [-0.1, -0.05) is 85.4 Å². The van der Waals surface area contributed by atoms with Crippen LogP contribution in [0.4, 0.5) is 98.2 Å². The van der Waals surface area contributed by atoms with Gasteiger partial charge >= 0.3 is 30.7 Å². The Morgan fingerprint density at radius 1 is 0.347 bits per heavy atom. The van der Waals surface area contributed by atoms with Crippen molar-refractivity contribution in [2.24, 2.45) is 0 Å². The van der Waals surface area contributed by atoms with Crippen LogP contribution in [0.5, 0.6) is 0 Å². The number of imidazole rings is 4. The maximum absolute atomic E-state index is 13.6. The SMILES string of the molecule is CCCc1ccc(C(=O)Nc2cnc(C)c(-c3cc(N4CCOCC4)c4nccn4n3)c2)cc1C(F)(F)F.Cc1ncc(N)cc1-c1cc(N2CCOCC2)c2nccn2n1.Cc1ncc(NC(=O)c2ccc(CBr)c(C(F)(F)F)c2)cc1-c1cc(N2CCOCC2)c2nccn2n1.Cc1ncc(NC(=O)c2ccc(CBr)c(C(F)(F)F)c2)cc1-c1cc(N2CCOCC2)c2nccn2n1.O=C(O)c1ccc(CBr)c(C(F)(F)F)c1. The molecule has 0 atom stereocenters. The van der Waals surface area contributed by atoms with E-state index in [4.69, 9.17) is 29.8 Å². The lowest BCUT2D eigenvalue weighted by molar-refractivity contribution is -0.139. The molecule has 782 valence electrons. The van der Waals surface area contributed by atoms with Gasteiger partial charge in [0.1, 0.15) is 0 Å². The fourth-order valence-electron chi connectivity index (χ4n) is 17.0. The van der Waals surface area contributed by atoms with E-state index in [0.717, 1.165) is 121 Å². The highest BCUT2D eigenvalue weighted by Gasteiger charge is 2.39. The number of amides is 3. The Morgan fingerprint density at radius 2 is 0.593 bits per heavy atom. The highest BCUT2D eigenvalue weighted by Crippen LogP contribution is 2.42. The van der Waals surface area contributed by atoms with Crippen molar-refractivity contribution < 1.29 is 95.9 Å². The lowest BCUT2D eigenvalue weighted by atomic mass is 9.99. The zero-order valence-corrected chi connectivity index (χ0v) is 85.5. The summed E-state index contributed by atoms with van der Waals surface area (Å²) in [7, 11) is 0. The summed E-state index contributed by atoms with van der Waals surface area (Å²) >= 11 is 9.05. The minimum absolute atomic E-state index is 0.0208. The molecule has 6 N–H and O–H groups in total. The number of aryl methyl sites for hydroxylation is 5. The number of halogens is 15. The number of carboxylic acid groups (broad SMARTS) is 1. The molecule has 0 unspecified atom stereocenters. The number of ether oxygens (including phenoxy) is 4. The van der Waals surface area contributed by atoms with E-state index in [1.54, 1.807) is 81.3 Å². The van der Waals surface area contributed by atoms with Crippen LogP contribution >= 0.6 is 47.8 Å². The largest absolute Gasteiger partial charge is 0.478 e. The number of carboxylic acids is 1. The molecule has 16 aromatic rings. The fourth-order valence-corrected chi connectivity index (χ4v) is 18.5. The van der Waals surface area contributed by atoms with Crippen molar-refractivity contribution in [3.63, 3.8) is 0 Å². The molecule has 4 aliphatic heterocycles. The molecule has 16 heterocycles. The first kappa shape index (κ1) is 108. The van der Waals surface area contributed by atoms with E-state index in [2.05, 4.69) is 150 Å². The zero-order valence-electron chi connectivity index (χ0n) is 80.7. The third-order valence-corrected chi connectivity index (χ3v) is 26.5.